The first kappa shape index (κ1) is 17.6. The van der Waals surface area contributed by atoms with Crippen LogP contribution in [0.1, 0.15) is 23.0 Å². The van der Waals surface area contributed by atoms with E-state index < -0.39 is 12.1 Å². The van der Waals surface area contributed by atoms with E-state index in [0.29, 0.717) is 18.7 Å². The summed E-state index contributed by atoms with van der Waals surface area (Å²) in [6, 6.07) is 11.0. The lowest BCUT2D eigenvalue weighted by Crippen LogP contribution is -2.37. The third-order valence-electron chi connectivity index (χ3n) is 3.68. The van der Waals surface area contributed by atoms with E-state index in [0.717, 1.165) is 11.3 Å². The number of rotatable bonds is 7. The van der Waals surface area contributed by atoms with Crippen molar-refractivity contribution in [3.05, 3.63) is 53.9 Å². The lowest BCUT2D eigenvalue weighted by atomic mass is 10.1. The molecule has 0 saturated heterocycles. The molecule has 1 amide bonds. The number of esters is 1. The van der Waals surface area contributed by atoms with Gasteiger partial charge in [-0.3, -0.25) is 4.79 Å². The van der Waals surface area contributed by atoms with Gasteiger partial charge in [0.15, 0.2) is 6.10 Å². The minimum atomic E-state index is -0.844. The summed E-state index contributed by atoms with van der Waals surface area (Å²) in [6.07, 6.45) is 1.59. The zero-order valence-corrected chi connectivity index (χ0v) is 14.1. The van der Waals surface area contributed by atoms with Gasteiger partial charge in [-0.2, -0.15) is 0 Å². The van der Waals surface area contributed by atoms with Crippen LogP contribution in [-0.4, -0.2) is 36.2 Å². The average Bonchev–Trinajstić information content (AvgIpc) is 3.01. The fourth-order valence-corrected chi connectivity index (χ4v) is 2.21. The predicted molar refractivity (Wildman–Crippen MR) is 90.0 cm³/mol. The molecule has 2 aromatic rings. The van der Waals surface area contributed by atoms with E-state index in [2.05, 4.69) is 5.32 Å². The topological polar surface area (TPSA) is 69.6 Å². The van der Waals surface area contributed by atoms with Crippen LogP contribution < -0.4 is 10.1 Å². The first-order valence-corrected chi connectivity index (χ1v) is 7.74. The third-order valence-corrected chi connectivity index (χ3v) is 3.68. The smallest absolute Gasteiger partial charge is 0.355 e. The second-order valence-corrected chi connectivity index (χ2v) is 5.44. The molecule has 1 atom stereocenters. The monoisotopic (exact) mass is 330 g/mol. The minimum Gasteiger partial charge on any atom is -0.497 e. The molecule has 24 heavy (non-hydrogen) atoms. The zero-order chi connectivity index (χ0) is 17.5. The molecule has 128 valence electrons. The zero-order valence-electron chi connectivity index (χ0n) is 14.1. The van der Waals surface area contributed by atoms with Crippen LogP contribution in [0.25, 0.3) is 0 Å². The van der Waals surface area contributed by atoms with Gasteiger partial charge >= 0.3 is 5.97 Å². The molecule has 0 fully saturated rings. The Labute approximate surface area is 141 Å². The van der Waals surface area contributed by atoms with Crippen molar-refractivity contribution >= 4 is 11.9 Å². The van der Waals surface area contributed by atoms with E-state index in [1.165, 1.54) is 0 Å². The lowest BCUT2D eigenvalue weighted by molar-refractivity contribution is -0.129. The number of benzene rings is 1. The summed E-state index contributed by atoms with van der Waals surface area (Å²) in [5.74, 6) is -0.0321. The van der Waals surface area contributed by atoms with Gasteiger partial charge in [-0.25, -0.2) is 4.79 Å². The number of carbonyl (C=O) groups excluding carboxylic acids is 2. The number of aryl methyl sites for hydroxylation is 1. The molecular weight excluding hydrogens is 308 g/mol. The summed E-state index contributed by atoms with van der Waals surface area (Å²) in [7, 11) is 3.36. The van der Waals surface area contributed by atoms with Crippen molar-refractivity contribution < 1.29 is 19.1 Å². The van der Waals surface area contributed by atoms with Gasteiger partial charge in [0, 0.05) is 19.8 Å². The highest BCUT2D eigenvalue weighted by atomic mass is 16.5. The summed E-state index contributed by atoms with van der Waals surface area (Å²) in [5.41, 5.74) is 1.50. The van der Waals surface area contributed by atoms with E-state index in [1.807, 2.05) is 24.3 Å². The number of amides is 1. The maximum atomic E-state index is 12.0. The Morgan fingerprint density at radius 3 is 2.50 bits per heavy atom. The fraction of sp³-hybridized carbons (Fsp3) is 0.333. The van der Waals surface area contributed by atoms with Crippen molar-refractivity contribution in [1.82, 2.24) is 9.88 Å². The van der Waals surface area contributed by atoms with Crippen LogP contribution in [0.15, 0.2) is 42.6 Å². The molecule has 0 radical (unpaired) electrons. The van der Waals surface area contributed by atoms with Gasteiger partial charge in [0.1, 0.15) is 11.4 Å². The molecule has 1 aromatic heterocycles. The maximum absolute atomic E-state index is 12.0. The molecule has 1 heterocycles. The quantitative estimate of drug-likeness (QED) is 0.788. The number of hydrogen-bond donors (Lipinski definition) is 1. The van der Waals surface area contributed by atoms with Crippen LogP contribution in [-0.2, 0) is 23.0 Å². The number of hydrogen-bond acceptors (Lipinski definition) is 4. The molecule has 6 heteroatoms. The van der Waals surface area contributed by atoms with Crippen LogP contribution in [0.4, 0.5) is 0 Å². The Morgan fingerprint density at radius 2 is 1.92 bits per heavy atom. The molecule has 0 aliphatic carbocycles. The number of ether oxygens (including phenoxy) is 2. The summed E-state index contributed by atoms with van der Waals surface area (Å²) in [5, 5.41) is 2.77. The number of methoxy groups -OCH3 is 1. The van der Waals surface area contributed by atoms with Gasteiger partial charge in [0.2, 0.25) is 0 Å². The van der Waals surface area contributed by atoms with Gasteiger partial charge in [-0.05, 0) is 43.2 Å². The van der Waals surface area contributed by atoms with Crippen LogP contribution in [0.3, 0.4) is 0 Å². The van der Waals surface area contributed by atoms with E-state index in [4.69, 9.17) is 9.47 Å². The molecule has 2 rings (SSSR count). The molecule has 0 saturated carbocycles. The number of nitrogens with zero attached hydrogens (tertiary/aromatic N) is 1. The summed E-state index contributed by atoms with van der Waals surface area (Å²) < 4.78 is 11.9. The maximum Gasteiger partial charge on any atom is 0.355 e. The Balaban J connectivity index is 1.77. The van der Waals surface area contributed by atoms with Crippen molar-refractivity contribution in [2.45, 2.75) is 19.4 Å². The number of carbonyl (C=O) groups is 2. The largest absolute Gasteiger partial charge is 0.497 e. The van der Waals surface area contributed by atoms with Crippen LogP contribution >= 0.6 is 0 Å². The Bertz CT molecular complexity index is 691. The van der Waals surface area contributed by atoms with Crippen molar-refractivity contribution in [1.29, 1.82) is 0 Å². The van der Waals surface area contributed by atoms with E-state index >= 15 is 0 Å². The number of nitrogens with one attached hydrogen (secondary N) is 1. The summed E-state index contributed by atoms with van der Waals surface area (Å²) in [6.45, 7) is 2.03. The van der Waals surface area contributed by atoms with E-state index in [-0.39, 0.29) is 5.91 Å². The highest BCUT2D eigenvalue weighted by molar-refractivity contribution is 5.90. The van der Waals surface area contributed by atoms with E-state index in [9.17, 15) is 9.59 Å². The SMILES string of the molecule is COc1ccc(CCNC(=O)[C@@H](C)OC(=O)c2cccn2C)cc1. The molecule has 1 aromatic carbocycles. The Kier molecular flexibility index (Phi) is 6.01. The van der Waals surface area contributed by atoms with Gasteiger partial charge in [0.05, 0.1) is 7.11 Å². The first-order valence-electron chi connectivity index (χ1n) is 7.74. The Hall–Kier alpha value is -2.76. The van der Waals surface area contributed by atoms with Crippen molar-refractivity contribution in [3.63, 3.8) is 0 Å². The normalized spacial score (nSPS) is 11.6. The summed E-state index contributed by atoms with van der Waals surface area (Å²) in [4.78, 5) is 24.0. The van der Waals surface area contributed by atoms with Crippen molar-refractivity contribution in [3.8, 4) is 5.75 Å². The Morgan fingerprint density at radius 1 is 1.21 bits per heavy atom. The summed E-state index contributed by atoms with van der Waals surface area (Å²) >= 11 is 0. The molecule has 1 N–H and O–H groups in total. The van der Waals surface area contributed by atoms with Gasteiger partial charge in [-0.1, -0.05) is 12.1 Å². The average molecular weight is 330 g/mol. The van der Waals surface area contributed by atoms with E-state index in [1.54, 1.807) is 44.0 Å². The molecule has 0 spiro atoms. The molecule has 0 aliphatic rings. The minimum absolute atomic E-state index is 0.314. The molecular formula is C18H22N2O4. The lowest BCUT2D eigenvalue weighted by Gasteiger charge is -2.14. The first-order chi connectivity index (χ1) is 11.5. The van der Waals surface area contributed by atoms with Crippen molar-refractivity contribution in [2.75, 3.05) is 13.7 Å². The third kappa shape index (κ3) is 4.62. The van der Waals surface area contributed by atoms with Gasteiger partial charge in [0.25, 0.3) is 5.91 Å². The van der Waals surface area contributed by atoms with Crippen LogP contribution in [0.5, 0.6) is 5.75 Å². The number of aromatic nitrogens is 1. The van der Waals surface area contributed by atoms with Gasteiger partial charge in [-0.15, -0.1) is 0 Å². The molecule has 0 unspecified atom stereocenters. The van der Waals surface area contributed by atoms with Crippen LogP contribution in [0, 0.1) is 0 Å². The highest BCUT2D eigenvalue weighted by Crippen LogP contribution is 2.11. The standard InChI is InChI=1S/C18H22N2O4/c1-13(24-18(22)16-5-4-12-20(16)2)17(21)19-11-10-14-6-8-15(23-3)9-7-14/h4-9,12-13H,10-11H2,1-3H3,(H,19,21)/t13-/m1/s1. The van der Waals surface area contributed by atoms with Crippen molar-refractivity contribution in [2.24, 2.45) is 7.05 Å². The van der Waals surface area contributed by atoms with Gasteiger partial charge < -0.3 is 19.4 Å². The molecule has 0 bridgehead atoms. The fourth-order valence-electron chi connectivity index (χ4n) is 2.21. The van der Waals surface area contributed by atoms with Crippen LogP contribution in [0.2, 0.25) is 0 Å². The highest BCUT2D eigenvalue weighted by Gasteiger charge is 2.19. The second-order valence-electron chi connectivity index (χ2n) is 5.44. The predicted octanol–water partition coefficient (Wildman–Crippen LogP) is 1.94. The molecule has 6 nitrogen and oxygen atoms in total. The second kappa shape index (κ2) is 8.19. The molecule has 0 aliphatic heterocycles.